The van der Waals surface area contributed by atoms with Crippen LogP contribution in [0.3, 0.4) is 0 Å². The van der Waals surface area contributed by atoms with Crippen LogP contribution in [0.15, 0.2) is 53.3 Å². The molecule has 0 aliphatic carbocycles. The van der Waals surface area contributed by atoms with Gasteiger partial charge >= 0.3 is 11.9 Å². The highest BCUT2D eigenvalue weighted by Gasteiger charge is 2.38. The zero-order chi connectivity index (χ0) is 29.4. The van der Waals surface area contributed by atoms with Crippen LogP contribution in [0.1, 0.15) is 49.4 Å². The summed E-state index contributed by atoms with van der Waals surface area (Å²) in [5.74, 6) is -5.34. The topological polar surface area (TPSA) is 174 Å². The van der Waals surface area contributed by atoms with Gasteiger partial charge in [0.05, 0.1) is 43.7 Å². The van der Waals surface area contributed by atoms with Crippen LogP contribution in [0.4, 0.5) is 0 Å². The summed E-state index contributed by atoms with van der Waals surface area (Å²) in [7, 11) is 2.23. The molecule has 0 spiro atoms. The number of aromatic nitrogens is 2. The minimum absolute atomic E-state index is 0.0370. The molecule has 3 aromatic rings. The average Bonchev–Trinajstić information content (AvgIpc) is 3.10. The zero-order valence-electron chi connectivity index (χ0n) is 22.0. The quantitative estimate of drug-likeness (QED) is 0.295. The number of nitrogens with zero attached hydrogens (tertiary/aromatic N) is 2. The molecule has 0 radical (unpaired) electrons. The Morgan fingerprint density at radius 2 is 1.70 bits per heavy atom. The van der Waals surface area contributed by atoms with Crippen LogP contribution in [0.5, 0.6) is 0 Å². The average molecular weight is 574 g/mol. The van der Waals surface area contributed by atoms with Gasteiger partial charge in [-0.25, -0.2) is 9.48 Å². The number of aliphatic hydroxyl groups is 1. The second kappa shape index (κ2) is 13.5. The highest BCUT2D eigenvalue weighted by Crippen LogP contribution is 2.22. The Morgan fingerprint density at radius 1 is 1.05 bits per heavy atom. The Bertz CT molecular complexity index is 1410. The second-order valence-electron chi connectivity index (χ2n) is 10.0. The van der Waals surface area contributed by atoms with Gasteiger partial charge in [0.25, 0.3) is 5.56 Å². The highest BCUT2D eigenvalue weighted by atomic mass is 35.5. The van der Waals surface area contributed by atoms with E-state index in [9.17, 15) is 24.3 Å². The fraction of sp³-hybridized carbons (Fsp3) is 0.393. The molecule has 2 aromatic carbocycles. The Labute approximate surface area is 235 Å². The summed E-state index contributed by atoms with van der Waals surface area (Å²) in [6.07, 6.45) is 1.39. The third-order valence-corrected chi connectivity index (χ3v) is 7.11. The maximum absolute atomic E-state index is 13.1. The molecule has 1 aliphatic rings. The largest absolute Gasteiger partial charge is 0.550 e. The van der Waals surface area contributed by atoms with E-state index in [1.165, 1.54) is 4.90 Å². The number of rotatable bonds is 8. The van der Waals surface area contributed by atoms with E-state index in [1.54, 1.807) is 4.68 Å². The van der Waals surface area contributed by atoms with Crippen LogP contribution in [-0.2, 0) is 20.8 Å². The molecule has 12 heteroatoms. The lowest BCUT2D eigenvalue weighted by Crippen LogP contribution is -3.08. The minimum Gasteiger partial charge on any atom is -0.550 e. The number of likely N-dealkylation sites (tertiary alicyclic amines) is 1. The second-order valence-corrected chi connectivity index (χ2v) is 10.5. The van der Waals surface area contributed by atoms with Gasteiger partial charge in [0.15, 0.2) is 5.60 Å². The lowest BCUT2D eigenvalue weighted by Gasteiger charge is -2.21. The Hall–Kier alpha value is -3.80. The number of aliphatic carboxylic acids is 3. The number of halogens is 1. The fourth-order valence-electron chi connectivity index (χ4n) is 4.72. The fourth-order valence-corrected chi connectivity index (χ4v) is 4.84. The first-order valence-electron chi connectivity index (χ1n) is 12.8. The van der Waals surface area contributed by atoms with Gasteiger partial charge in [-0.15, -0.1) is 0 Å². The van der Waals surface area contributed by atoms with Crippen LogP contribution in [0, 0.1) is 0 Å². The molecule has 1 aromatic heterocycles. The SMILES string of the molecule is C[NH+]1CCCC(n2nc(Cc3ccc(Cl)cc3)c3ccccc3c2=O)CC1.O=C([O-])CC(O)(CC(=O)O)C(=O)O. The molecule has 3 unspecified atom stereocenters. The Balaban J connectivity index is 0.000000289. The third-order valence-electron chi connectivity index (χ3n) is 6.86. The molecule has 1 saturated heterocycles. The summed E-state index contributed by atoms with van der Waals surface area (Å²) >= 11 is 6.02. The predicted molar refractivity (Wildman–Crippen MR) is 144 cm³/mol. The van der Waals surface area contributed by atoms with Crippen LogP contribution >= 0.6 is 11.6 Å². The maximum atomic E-state index is 13.1. The maximum Gasteiger partial charge on any atom is 0.336 e. The van der Waals surface area contributed by atoms with E-state index in [4.69, 9.17) is 32.0 Å². The Morgan fingerprint density at radius 3 is 2.30 bits per heavy atom. The first kappa shape index (κ1) is 30.7. The third kappa shape index (κ3) is 8.10. The van der Waals surface area contributed by atoms with Gasteiger partial charge < -0.3 is 30.1 Å². The van der Waals surface area contributed by atoms with Crippen molar-refractivity contribution in [3.8, 4) is 0 Å². The summed E-state index contributed by atoms with van der Waals surface area (Å²) in [5, 5.41) is 42.8. The monoisotopic (exact) mass is 573 g/mol. The standard InChI is InChI=1S/C22H24ClN3O.C6H8O7/c1-25-13-4-5-18(12-14-25)26-22(27)20-7-3-2-6-19(20)21(24-26)15-16-8-10-17(23)11-9-16;7-3(8)1-6(13,5(11)12)2-4(9)10/h2-3,6-11,18H,4-5,12-15H2,1H3;13H,1-2H2,(H,7,8)(H,9,10)(H,11,12). The number of nitrogens with one attached hydrogen (secondary N) is 1. The van der Waals surface area contributed by atoms with Crippen LogP contribution in [0.25, 0.3) is 10.8 Å². The van der Waals surface area contributed by atoms with Crippen molar-refractivity contribution < 1.29 is 39.7 Å². The van der Waals surface area contributed by atoms with Crippen molar-refractivity contribution in [3.63, 3.8) is 0 Å². The van der Waals surface area contributed by atoms with Crippen molar-refractivity contribution in [3.05, 3.63) is 75.2 Å². The molecule has 214 valence electrons. The van der Waals surface area contributed by atoms with E-state index < -0.39 is 36.4 Å². The molecule has 4 N–H and O–H groups in total. The van der Waals surface area contributed by atoms with Crippen LogP contribution in [0.2, 0.25) is 5.02 Å². The first-order chi connectivity index (χ1) is 18.9. The van der Waals surface area contributed by atoms with E-state index in [-0.39, 0.29) is 11.6 Å². The summed E-state index contributed by atoms with van der Waals surface area (Å²) in [4.78, 5) is 45.0. The van der Waals surface area contributed by atoms with Gasteiger partial charge in [-0.1, -0.05) is 41.9 Å². The van der Waals surface area contributed by atoms with Gasteiger partial charge in [0.2, 0.25) is 0 Å². The van der Waals surface area contributed by atoms with E-state index in [2.05, 4.69) is 7.05 Å². The summed E-state index contributed by atoms with van der Waals surface area (Å²) in [6, 6.07) is 15.9. The van der Waals surface area contributed by atoms with Gasteiger partial charge in [-0.3, -0.25) is 9.59 Å². The molecule has 0 amide bonds. The van der Waals surface area contributed by atoms with Crippen molar-refractivity contribution in [2.45, 2.75) is 50.2 Å². The Kier molecular flexibility index (Phi) is 10.4. The molecular formula is C28H32ClN3O8. The van der Waals surface area contributed by atoms with Gasteiger partial charge in [-0.2, -0.15) is 5.10 Å². The molecule has 1 aliphatic heterocycles. The first-order valence-corrected chi connectivity index (χ1v) is 13.2. The van der Waals surface area contributed by atoms with Gasteiger partial charge in [0, 0.05) is 35.6 Å². The van der Waals surface area contributed by atoms with Crippen molar-refractivity contribution in [1.82, 2.24) is 9.78 Å². The highest BCUT2D eigenvalue weighted by molar-refractivity contribution is 6.30. The number of fused-ring (bicyclic) bond motifs is 1. The normalized spacial score (nSPS) is 18.6. The summed E-state index contributed by atoms with van der Waals surface area (Å²) in [5.41, 5.74) is -0.662. The van der Waals surface area contributed by atoms with Gasteiger partial charge in [-0.05, 0) is 36.6 Å². The molecule has 0 bridgehead atoms. The van der Waals surface area contributed by atoms with Crippen molar-refractivity contribution >= 4 is 40.3 Å². The summed E-state index contributed by atoms with van der Waals surface area (Å²) in [6.45, 7) is 2.24. The van der Waals surface area contributed by atoms with Crippen LogP contribution in [-0.4, -0.2) is 68.7 Å². The molecule has 0 saturated carbocycles. The van der Waals surface area contributed by atoms with Crippen molar-refractivity contribution in [2.75, 3.05) is 20.1 Å². The minimum atomic E-state index is -2.80. The van der Waals surface area contributed by atoms with E-state index in [0.717, 1.165) is 59.4 Å². The number of benzene rings is 2. The van der Waals surface area contributed by atoms with E-state index in [0.29, 0.717) is 6.42 Å². The van der Waals surface area contributed by atoms with E-state index >= 15 is 0 Å². The molecule has 3 atom stereocenters. The van der Waals surface area contributed by atoms with E-state index in [1.807, 2.05) is 48.5 Å². The number of quaternary nitrogens is 1. The lowest BCUT2D eigenvalue weighted by atomic mass is 9.96. The molecule has 11 nitrogen and oxygen atoms in total. The predicted octanol–water partition coefficient (Wildman–Crippen LogP) is 0.297. The van der Waals surface area contributed by atoms with Crippen molar-refractivity contribution in [2.24, 2.45) is 0 Å². The van der Waals surface area contributed by atoms with Crippen molar-refractivity contribution in [1.29, 1.82) is 0 Å². The van der Waals surface area contributed by atoms with Crippen LogP contribution < -0.4 is 15.6 Å². The lowest BCUT2D eigenvalue weighted by molar-refractivity contribution is -0.878. The molecule has 40 heavy (non-hydrogen) atoms. The number of carbonyl (C=O) groups excluding carboxylic acids is 1. The smallest absolute Gasteiger partial charge is 0.336 e. The molecule has 1 fully saturated rings. The molecule has 4 rings (SSSR count). The molecule has 2 heterocycles. The number of carboxylic acids is 3. The molecular weight excluding hydrogens is 542 g/mol. The number of hydrogen-bond acceptors (Lipinski definition) is 7. The number of carboxylic acid groups (broad SMARTS) is 3. The number of carbonyl (C=O) groups is 3. The van der Waals surface area contributed by atoms with Gasteiger partial charge in [0.1, 0.15) is 0 Å². The number of hydrogen-bond donors (Lipinski definition) is 4. The summed E-state index contributed by atoms with van der Waals surface area (Å²) < 4.78 is 1.77. The zero-order valence-corrected chi connectivity index (χ0v) is 22.8.